The van der Waals surface area contributed by atoms with E-state index in [2.05, 4.69) is 23.3 Å². The highest BCUT2D eigenvalue weighted by Gasteiger charge is 2.29. The highest BCUT2D eigenvalue weighted by Crippen LogP contribution is 2.39. The van der Waals surface area contributed by atoms with Crippen molar-refractivity contribution >= 4 is 35.3 Å². The van der Waals surface area contributed by atoms with Gasteiger partial charge in [0.15, 0.2) is 0 Å². The van der Waals surface area contributed by atoms with E-state index >= 15 is 0 Å². The third kappa shape index (κ3) is 2.78. The molecule has 3 N–H and O–H groups in total. The molecule has 0 spiro atoms. The van der Waals surface area contributed by atoms with Crippen LogP contribution in [-0.2, 0) is 9.47 Å². The van der Waals surface area contributed by atoms with Crippen LogP contribution in [0.4, 0.5) is 5.82 Å². The molecule has 2 heterocycles. The van der Waals surface area contributed by atoms with Gasteiger partial charge in [-0.1, -0.05) is 17.7 Å². The van der Waals surface area contributed by atoms with E-state index in [0.29, 0.717) is 17.3 Å². The number of nitrogens with zero attached hydrogens (tertiary/aromatic N) is 1. The molecule has 0 bridgehead atoms. The van der Waals surface area contributed by atoms with Gasteiger partial charge in [-0.3, -0.25) is 0 Å². The standard InChI is InChI=1S/C18H22ClN3O2/c1-9-5-12-11(8-21-9)6-13(22-18(12)20)16-10(2)14(23-3)7-15(24-4)17(16)19/h5-6,8-9,15,21H,7H2,1-4H3,(H2,20,22). The number of fused-ring (bicyclic) bond motifs is 1. The predicted octanol–water partition coefficient (Wildman–Crippen LogP) is 1.46. The van der Waals surface area contributed by atoms with E-state index in [1.807, 2.05) is 19.2 Å². The Morgan fingerprint density at radius 1 is 1.38 bits per heavy atom. The Hall–Kier alpha value is -1.98. The quantitative estimate of drug-likeness (QED) is 0.866. The van der Waals surface area contributed by atoms with E-state index in [1.165, 1.54) is 0 Å². The molecule has 1 aromatic rings. The second kappa shape index (κ2) is 6.49. The molecule has 2 unspecified atom stereocenters. The summed E-state index contributed by atoms with van der Waals surface area (Å²) in [6.45, 7) is 4.05. The van der Waals surface area contributed by atoms with Crippen molar-refractivity contribution in [2.24, 2.45) is 0 Å². The number of rotatable bonds is 3. The minimum atomic E-state index is -0.243. The maximum Gasteiger partial charge on any atom is 0.131 e. The van der Waals surface area contributed by atoms with Crippen molar-refractivity contribution in [1.82, 2.24) is 10.3 Å². The first-order valence-corrected chi connectivity index (χ1v) is 8.25. The van der Waals surface area contributed by atoms with Crippen molar-refractivity contribution in [3.8, 4) is 0 Å². The number of allylic oxidation sites excluding steroid dienone is 2. The predicted molar refractivity (Wildman–Crippen MR) is 97.3 cm³/mol. The molecule has 0 radical (unpaired) electrons. The number of halogens is 1. The Morgan fingerprint density at radius 3 is 2.79 bits per heavy atom. The lowest BCUT2D eigenvalue weighted by molar-refractivity contribution is 0.118. The van der Waals surface area contributed by atoms with Crippen LogP contribution in [0.3, 0.4) is 0 Å². The van der Waals surface area contributed by atoms with Crippen molar-refractivity contribution in [1.29, 1.82) is 0 Å². The molecule has 1 aromatic heterocycles. The molecule has 0 aromatic carbocycles. The average Bonchev–Trinajstić information content (AvgIpc) is 2.56. The number of nitrogens with two attached hydrogens (primary N) is 1. The molecular formula is C18H22ClN3O2. The minimum Gasteiger partial charge on any atom is -0.501 e. The van der Waals surface area contributed by atoms with Crippen LogP contribution in [-0.4, -0.2) is 31.3 Å². The van der Waals surface area contributed by atoms with Gasteiger partial charge >= 0.3 is 0 Å². The Kier molecular flexibility index (Phi) is 4.56. The van der Waals surface area contributed by atoms with Crippen molar-refractivity contribution < 1.29 is 9.47 Å². The number of anilines is 1. The van der Waals surface area contributed by atoms with Crippen molar-refractivity contribution in [3.63, 3.8) is 0 Å². The monoisotopic (exact) mass is 347 g/mol. The summed E-state index contributed by atoms with van der Waals surface area (Å²) in [6, 6.07) is 2.22. The van der Waals surface area contributed by atoms with E-state index in [9.17, 15) is 0 Å². The first kappa shape index (κ1) is 16.9. The van der Waals surface area contributed by atoms with Gasteiger partial charge in [0.25, 0.3) is 0 Å². The van der Waals surface area contributed by atoms with Crippen LogP contribution in [0.2, 0.25) is 0 Å². The number of methoxy groups -OCH3 is 2. The summed E-state index contributed by atoms with van der Waals surface area (Å²) in [5.74, 6) is 1.34. The van der Waals surface area contributed by atoms with Gasteiger partial charge in [-0.2, -0.15) is 0 Å². The summed E-state index contributed by atoms with van der Waals surface area (Å²) in [6.07, 6.45) is 4.40. The van der Waals surface area contributed by atoms with Crippen LogP contribution < -0.4 is 21.5 Å². The number of hydrogen-bond acceptors (Lipinski definition) is 5. The summed E-state index contributed by atoms with van der Waals surface area (Å²) >= 11 is 6.61. The number of pyridine rings is 1. The number of ether oxygens (including phenoxy) is 2. The van der Waals surface area contributed by atoms with Crippen LogP contribution in [0.5, 0.6) is 0 Å². The summed E-state index contributed by atoms with van der Waals surface area (Å²) in [4.78, 5) is 4.59. The number of hydrogen-bond donors (Lipinski definition) is 2. The van der Waals surface area contributed by atoms with E-state index in [0.717, 1.165) is 33.0 Å². The molecule has 0 saturated heterocycles. The third-order valence-electron chi connectivity index (χ3n) is 4.51. The largest absolute Gasteiger partial charge is 0.501 e. The van der Waals surface area contributed by atoms with E-state index in [1.54, 1.807) is 14.2 Å². The molecule has 6 heteroatoms. The first-order chi connectivity index (χ1) is 11.5. The molecule has 2 aliphatic rings. The highest BCUT2D eigenvalue weighted by atomic mass is 35.5. The average molecular weight is 348 g/mol. The van der Waals surface area contributed by atoms with Crippen molar-refractivity contribution in [2.45, 2.75) is 32.4 Å². The van der Waals surface area contributed by atoms with Gasteiger partial charge in [-0.25, -0.2) is 4.98 Å². The number of nitrogens with one attached hydrogen (secondary N) is 1. The van der Waals surface area contributed by atoms with E-state index in [-0.39, 0.29) is 12.1 Å². The summed E-state index contributed by atoms with van der Waals surface area (Å²) in [5.41, 5.74) is 8.72. The lowest BCUT2D eigenvalue weighted by Crippen LogP contribution is -2.40. The number of aromatic nitrogens is 1. The summed E-state index contributed by atoms with van der Waals surface area (Å²) < 4.78 is 11.0. The molecule has 3 rings (SSSR count). The number of nitrogen functional groups attached to an aromatic ring is 1. The normalized spacial score (nSPS) is 23.2. The third-order valence-corrected chi connectivity index (χ3v) is 4.94. The SMILES string of the molecule is COC1=C(C)C(c2cc3c(c(N)n2)=CC(C)NC=3)=C(Cl)C(OC)C1. The molecule has 0 saturated carbocycles. The zero-order valence-corrected chi connectivity index (χ0v) is 15.1. The van der Waals surface area contributed by atoms with Crippen molar-refractivity contribution in [2.75, 3.05) is 20.0 Å². The fourth-order valence-electron chi connectivity index (χ4n) is 3.17. The molecule has 2 atom stereocenters. The Labute approximate surface area is 146 Å². The Balaban J connectivity index is 2.23. The van der Waals surface area contributed by atoms with Gasteiger partial charge in [0.2, 0.25) is 0 Å². The summed E-state index contributed by atoms with van der Waals surface area (Å²) in [5, 5.41) is 5.86. The maximum absolute atomic E-state index is 6.61. The van der Waals surface area contributed by atoms with Gasteiger partial charge in [0.05, 0.1) is 17.8 Å². The van der Waals surface area contributed by atoms with Gasteiger partial charge in [0, 0.05) is 41.8 Å². The molecule has 1 aliphatic carbocycles. The minimum absolute atomic E-state index is 0.226. The molecule has 5 nitrogen and oxygen atoms in total. The van der Waals surface area contributed by atoms with E-state index < -0.39 is 0 Å². The lowest BCUT2D eigenvalue weighted by Gasteiger charge is -2.27. The van der Waals surface area contributed by atoms with Gasteiger partial charge < -0.3 is 20.5 Å². The summed E-state index contributed by atoms with van der Waals surface area (Å²) in [7, 11) is 3.30. The van der Waals surface area contributed by atoms with Crippen LogP contribution >= 0.6 is 11.6 Å². The maximum atomic E-state index is 6.61. The molecular weight excluding hydrogens is 326 g/mol. The first-order valence-electron chi connectivity index (χ1n) is 7.87. The lowest BCUT2D eigenvalue weighted by atomic mass is 9.92. The van der Waals surface area contributed by atoms with Crippen molar-refractivity contribution in [3.05, 3.63) is 38.6 Å². The molecule has 0 fully saturated rings. The molecule has 128 valence electrons. The molecule has 24 heavy (non-hydrogen) atoms. The van der Waals surface area contributed by atoms with Crippen LogP contribution in [0.15, 0.2) is 22.4 Å². The second-order valence-electron chi connectivity index (χ2n) is 6.07. The van der Waals surface area contributed by atoms with Gasteiger partial charge in [-0.15, -0.1) is 0 Å². The highest BCUT2D eigenvalue weighted by molar-refractivity contribution is 6.34. The molecule has 0 amide bonds. The topological polar surface area (TPSA) is 69.4 Å². The van der Waals surface area contributed by atoms with Crippen LogP contribution in [0.1, 0.15) is 26.0 Å². The Bertz CT molecular complexity index is 858. The van der Waals surface area contributed by atoms with Gasteiger partial charge in [-0.05, 0) is 25.5 Å². The fraction of sp³-hybridized carbons (Fsp3) is 0.389. The smallest absolute Gasteiger partial charge is 0.131 e. The van der Waals surface area contributed by atoms with Crippen LogP contribution in [0, 0.1) is 0 Å². The molecule has 1 aliphatic heterocycles. The zero-order valence-electron chi connectivity index (χ0n) is 14.3. The van der Waals surface area contributed by atoms with E-state index in [4.69, 9.17) is 26.8 Å². The van der Waals surface area contributed by atoms with Gasteiger partial charge in [0.1, 0.15) is 17.7 Å². The van der Waals surface area contributed by atoms with Crippen LogP contribution in [0.25, 0.3) is 17.8 Å². The Morgan fingerprint density at radius 2 is 2.12 bits per heavy atom. The fourth-order valence-corrected chi connectivity index (χ4v) is 3.58. The zero-order chi connectivity index (χ0) is 17.4. The second-order valence-corrected chi connectivity index (χ2v) is 6.47.